The van der Waals surface area contributed by atoms with Gasteiger partial charge in [-0.2, -0.15) is 15.6 Å². The van der Waals surface area contributed by atoms with Crippen molar-refractivity contribution in [1.82, 2.24) is 0 Å². The Morgan fingerprint density at radius 1 is 1.44 bits per heavy atom. The number of halogens is 1. The minimum atomic E-state index is -0.230. The molecule has 0 aliphatic rings. The first-order valence-electron chi connectivity index (χ1n) is 4.18. The smallest absolute Gasteiger partial charge is 0.237 e. The lowest BCUT2D eigenvalue weighted by atomic mass is 10.3. The molecule has 1 aromatic carbocycles. The molecular formula is C10H7ClN4S. The zero-order valence-corrected chi connectivity index (χ0v) is 9.93. The van der Waals surface area contributed by atoms with Crippen LogP contribution in [0.5, 0.6) is 0 Å². The van der Waals surface area contributed by atoms with Crippen LogP contribution in [0.1, 0.15) is 0 Å². The second kappa shape index (κ2) is 6.02. The molecule has 0 saturated heterocycles. The van der Waals surface area contributed by atoms with Crippen LogP contribution in [0.4, 0.5) is 5.69 Å². The predicted molar refractivity (Wildman–Crippen MR) is 65.5 cm³/mol. The minimum absolute atomic E-state index is 0.230. The molecule has 0 fully saturated rings. The van der Waals surface area contributed by atoms with Gasteiger partial charge in [0.05, 0.1) is 5.69 Å². The summed E-state index contributed by atoms with van der Waals surface area (Å²) >= 11 is 7.34. The maximum absolute atomic E-state index is 8.51. The van der Waals surface area contributed by atoms with E-state index in [1.807, 2.05) is 12.3 Å². The summed E-state index contributed by atoms with van der Waals surface area (Å²) in [5.41, 5.74) is 3.08. The van der Waals surface area contributed by atoms with E-state index in [9.17, 15) is 0 Å². The maximum atomic E-state index is 8.51. The first-order chi connectivity index (χ1) is 7.71. The van der Waals surface area contributed by atoms with Crippen molar-refractivity contribution < 1.29 is 0 Å². The van der Waals surface area contributed by atoms with Crippen molar-refractivity contribution in [3.05, 3.63) is 23.2 Å². The van der Waals surface area contributed by atoms with Gasteiger partial charge in [-0.25, -0.2) is 0 Å². The molecule has 80 valence electrons. The number of nitriles is 2. The molecule has 1 rings (SSSR count). The summed E-state index contributed by atoms with van der Waals surface area (Å²) in [5, 5.41) is 21.2. The fourth-order valence-corrected chi connectivity index (χ4v) is 1.66. The van der Waals surface area contributed by atoms with Gasteiger partial charge in [-0.15, -0.1) is 11.8 Å². The zero-order valence-electron chi connectivity index (χ0n) is 8.36. The Hall–Kier alpha value is -1.69. The van der Waals surface area contributed by atoms with E-state index in [4.69, 9.17) is 22.1 Å². The van der Waals surface area contributed by atoms with Crippen LogP contribution in [0.15, 0.2) is 28.2 Å². The van der Waals surface area contributed by atoms with Gasteiger partial charge in [0, 0.05) is 9.92 Å². The van der Waals surface area contributed by atoms with E-state index < -0.39 is 0 Å². The summed E-state index contributed by atoms with van der Waals surface area (Å²) in [6.07, 6.45) is 1.91. The van der Waals surface area contributed by atoms with E-state index in [1.54, 1.807) is 24.3 Å². The largest absolute Gasteiger partial charge is 0.275 e. The number of rotatable bonds is 3. The van der Waals surface area contributed by atoms with Gasteiger partial charge in [-0.3, -0.25) is 5.43 Å². The zero-order chi connectivity index (χ0) is 12.0. The monoisotopic (exact) mass is 250 g/mol. The lowest BCUT2D eigenvalue weighted by Gasteiger charge is -2.06. The number of hydrogen-bond donors (Lipinski definition) is 1. The van der Waals surface area contributed by atoms with Crippen LogP contribution in [-0.4, -0.2) is 12.0 Å². The van der Waals surface area contributed by atoms with E-state index in [1.165, 1.54) is 11.8 Å². The molecule has 0 bridgehead atoms. The van der Waals surface area contributed by atoms with Crippen molar-refractivity contribution in [2.45, 2.75) is 4.90 Å². The van der Waals surface area contributed by atoms with Gasteiger partial charge in [-0.05, 0) is 24.5 Å². The summed E-state index contributed by atoms with van der Waals surface area (Å²) in [6.45, 7) is 0. The molecule has 0 spiro atoms. The predicted octanol–water partition coefficient (Wildman–Crippen LogP) is 2.88. The van der Waals surface area contributed by atoms with Crippen LogP contribution in [0.3, 0.4) is 0 Å². The number of anilines is 1. The topological polar surface area (TPSA) is 72.0 Å². The van der Waals surface area contributed by atoms with Gasteiger partial charge < -0.3 is 0 Å². The standard InChI is InChI=1S/C10H7ClN4S/c1-16-10-3-2-7(11)4-9(10)15-14-8(5-12)6-13/h2-4,15H,1H3. The highest BCUT2D eigenvalue weighted by molar-refractivity contribution is 7.98. The van der Waals surface area contributed by atoms with Crippen molar-refractivity contribution in [2.75, 3.05) is 11.7 Å². The molecule has 0 amide bonds. The van der Waals surface area contributed by atoms with E-state index >= 15 is 0 Å². The molecule has 1 N–H and O–H groups in total. The second-order valence-corrected chi connectivity index (χ2v) is 3.92. The maximum Gasteiger partial charge on any atom is 0.237 e. The quantitative estimate of drug-likeness (QED) is 0.509. The van der Waals surface area contributed by atoms with Crippen LogP contribution >= 0.6 is 23.4 Å². The lowest BCUT2D eigenvalue weighted by Crippen LogP contribution is -1.97. The van der Waals surface area contributed by atoms with Crippen molar-refractivity contribution >= 4 is 34.8 Å². The molecule has 0 unspecified atom stereocenters. The Balaban J connectivity index is 2.98. The Morgan fingerprint density at radius 2 is 2.12 bits per heavy atom. The van der Waals surface area contributed by atoms with E-state index in [0.29, 0.717) is 10.7 Å². The number of nitrogens with one attached hydrogen (secondary N) is 1. The fourth-order valence-electron chi connectivity index (χ4n) is 0.959. The van der Waals surface area contributed by atoms with Gasteiger partial charge in [0.25, 0.3) is 0 Å². The number of thioether (sulfide) groups is 1. The average molecular weight is 251 g/mol. The Labute approximate surface area is 103 Å². The Kier molecular flexibility index (Phi) is 4.65. The SMILES string of the molecule is CSc1ccc(Cl)cc1NN=C(C#N)C#N. The first kappa shape index (κ1) is 12.4. The van der Waals surface area contributed by atoms with Gasteiger partial charge in [0.1, 0.15) is 12.1 Å². The molecule has 1 aromatic rings. The fraction of sp³-hybridized carbons (Fsp3) is 0.100. The third-order valence-electron chi connectivity index (χ3n) is 1.66. The van der Waals surface area contributed by atoms with Gasteiger partial charge in [0.2, 0.25) is 5.71 Å². The van der Waals surface area contributed by atoms with Crippen LogP contribution in [0.25, 0.3) is 0 Å². The van der Waals surface area contributed by atoms with Gasteiger partial charge in [0.15, 0.2) is 0 Å². The minimum Gasteiger partial charge on any atom is -0.275 e. The Bertz CT molecular complexity index is 483. The van der Waals surface area contributed by atoms with E-state index in [0.717, 1.165) is 4.90 Å². The van der Waals surface area contributed by atoms with Crippen LogP contribution in [0, 0.1) is 22.7 Å². The van der Waals surface area contributed by atoms with Crippen LogP contribution in [0.2, 0.25) is 5.02 Å². The van der Waals surface area contributed by atoms with Crippen molar-refractivity contribution in [1.29, 1.82) is 10.5 Å². The third-order valence-corrected chi connectivity index (χ3v) is 2.69. The van der Waals surface area contributed by atoms with Crippen molar-refractivity contribution in [2.24, 2.45) is 5.10 Å². The normalized spacial score (nSPS) is 8.75. The van der Waals surface area contributed by atoms with Crippen molar-refractivity contribution in [3.63, 3.8) is 0 Å². The average Bonchev–Trinajstić information content (AvgIpc) is 2.30. The number of nitrogens with zero attached hydrogens (tertiary/aromatic N) is 3. The number of hydrazone groups is 1. The Morgan fingerprint density at radius 3 is 2.69 bits per heavy atom. The molecule has 16 heavy (non-hydrogen) atoms. The number of benzene rings is 1. The van der Waals surface area contributed by atoms with Gasteiger partial charge in [-0.1, -0.05) is 11.6 Å². The first-order valence-corrected chi connectivity index (χ1v) is 5.79. The summed E-state index contributed by atoms with van der Waals surface area (Å²) < 4.78 is 0. The molecule has 0 heterocycles. The second-order valence-electron chi connectivity index (χ2n) is 2.64. The molecule has 0 atom stereocenters. The molecular weight excluding hydrogens is 244 g/mol. The molecule has 6 heteroatoms. The molecule has 0 aromatic heterocycles. The van der Waals surface area contributed by atoms with Gasteiger partial charge >= 0.3 is 0 Å². The third kappa shape index (κ3) is 3.16. The summed E-state index contributed by atoms with van der Waals surface area (Å²) in [6, 6.07) is 8.60. The highest BCUT2D eigenvalue weighted by atomic mass is 35.5. The van der Waals surface area contributed by atoms with Crippen LogP contribution in [-0.2, 0) is 0 Å². The van der Waals surface area contributed by atoms with E-state index in [2.05, 4.69) is 10.5 Å². The molecule has 0 aliphatic heterocycles. The van der Waals surface area contributed by atoms with Crippen molar-refractivity contribution in [3.8, 4) is 12.1 Å². The highest BCUT2D eigenvalue weighted by Crippen LogP contribution is 2.28. The van der Waals surface area contributed by atoms with Crippen LogP contribution < -0.4 is 5.43 Å². The highest BCUT2D eigenvalue weighted by Gasteiger charge is 2.02. The molecule has 0 radical (unpaired) electrons. The summed E-state index contributed by atoms with van der Waals surface area (Å²) in [4.78, 5) is 0.934. The molecule has 0 aliphatic carbocycles. The van der Waals surface area contributed by atoms with E-state index in [-0.39, 0.29) is 5.71 Å². The summed E-state index contributed by atoms with van der Waals surface area (Å²) in [7, 11) is 0. The number of hydrogen-bond acceptors (Lipinski definition) is 5. The lowest BCUT2D eigenvalue weighted by molar-refractivity contribution is 1.28. The summed E-state index contributed by atoms with van der Waals surface area (Å²) in [5.74, 6) is 0. The molecule has 0 saturated carbocycles. The molecule has 4 nitrogen and oxygen atoms in total.